The Morgan fingerprint density at radius 1 is 1.19 bits per heavy atom. The summed E-state index contributed by atoms with van der Waals surface area (Å²) in [6.07, 6.45) is 0.875. The number of fused-ring (bicyclic) bond motifs is 1. The highest BCUT2D eigenvalue weighted by molar-refractivity contribution is 8.00. The molecule has 0 fully saturated rings. The van der Waals surface area contributed by atoms with Crippen LogP contribution in [-0.4, -0.2) is 32.0 Å². The maximum Gasteiger partial charge on any atom is 0.230 e. The summed E-state index contributed by atoms with van der Waals surface area (Å²) in [6.45, 7) is 3.27. The second kappa shape index (κ2) is 8.85. The molecule has 1 aliphatic heterocycles. The van der Waals surface area contributed by atoms with Crippen LogP contribution in [0.15, 0.2) is 47.4 Å². The van der Waals surface area contributed by atoms with E-state index in [0.29, 0.717) is 19.0 Å². The Balaban J connectivity index is 1.56. The Hall–Kier alpha value is -2.34. The number of amides is 1. The maximum atomic E-state index is 12.3. The summed E-state index contributed by atoms with van der Waals surface area (Å²) < 4.78 is 16.7. The summed E-state index contributed by atoms with van der Waals surface area (Å²) >= 11 is 1.48. The number of nitrogens with one attached hydrogen (secondary N) is 1. The van der Waals surface area contributed by atoms with E-state index in [1.165, 1.54) is 11.8 Å². The van der Waals surface area contributed by atoms with Gasteiger partial charge < -0.3 is 19.5 Å². The lowest BCUT2D eigenvalue weighted by Crippen LogP contribution is -2.28. The Morgan fingerprint density at radius 3 is 2.77 bits per heavy atom. The van der Waals surface area contributed by atoms with E-state index in [2.05, 4.69) is 5.32 Å². The molecule has 1 aliphatic rings. The number of ether oxygens (including phenoxy) is 3. The average molecular weight is 373 g/mol. The van der Waals surface area contributed by atoms with Gasteiger partial charge in [-0.25, -0.2) is 0 Å². The van der Waals surface area contributed by atoms with Crippen molar-refractivity contribution < 1.29 is 19.0 Å². The number of methoxy groups -OCH3 is 1. The number of hydrogen-bond acceptors (Lipinski definition) is 5. The minimum Gasteiger partial charge on any atom is -0.496 e. The lowest BCUT2D eigenvalue weighted by Gasteiger charge is -2.17. The molecule has 1 heterocycles. The molecule has 1 unspecified atom stereocenters. The van der Waals surface area contributed by atoms with E-state index < -0.39 is 0 Å². The first-order chi connectivity index (χ1) is 12.7. The highest BCUT2D eigenvalue weighted by Gasteiger charge is 2.15. The Labute approximate surface area is 158 Å². The van der Waals surface area contributed by atoms with Crippen molar-refractivity contribution in [2.45, 2.75) is 24.3 Å². The number of hydrogen-bond donors (Lipinski definition) is 1. The van der Waals surface area contributed by atoms with E-state index in [4.69, 9.17) is 14.2 Å². The van der Waals surface area contributed by atoms with Gasteiger partial charge in [-0.2, -0.15) is 0 Å². The van der Waals surface area contributed by atoms with E-state index >= 15 is 0 Å². The number of para-hydroxylation sites is 1. The van der Waals surface area contributed by atoms with Crippen LogP contribution in [0.25, 0.3) is 0 Å². The van der Waals surface area contributed by atoms with Crippen molar-refractivity contribution in [2.24, 2.45) is 0 Å². The predicted octanol–water partition coefficient (Wildman–Crippen LogP) is 3.83. The lowest BCUT2D eigenvalue weighted by molar-refractivity contribution is -0.119. The predicted molar refractivity (Wildman–Crippen MR) is 102 cm³/mol. The number of carbonyl (C=O) groups is 1. The average Bonchev–Trinajstić information content (AvgIpc) is 2.91. The first-order valence-electron chi connectivity index (χ1n) is 8.62. The fraction of sp³-hybridized carbons (Fsp3) is 0.350. The van der Waals surface area contributed by atoms with Crippen LogP contribution in [0.4, 0.5) is 0 Å². The molecule has 0 aliphatic carbocycles. The summed E-state index contributed by atoms with van der Waals surface area (Å²) in [5.74, 6) is 2.59. The maximum absolute atomic E-state index is 12.3. The number of benzene rings is 2. The van der Waals surface area contributed by atoms with Crippen molar-refractivity contribution >= 4 is 17.7 Å². The summed E-state index contributed by atoms with van der Waals surface area (Å²) in [6, 6.07) is 13.4. The molecule has 0 bridgehead atoms. The van der Waals surface area contributed by atoms with E-state index in [-0.39, 0.29) is 11.9 Å². The Bertz CT molecular complexity index is 765. The summed E-state index contributed by atoms with van der Waals surface area (Å²) in [7, 11) is 1.63. The van der Waals surface area contributed by atoms with Crippen LogP contribution >= 0.6 is 11.8 Å². The summed E-state index contributed by atoms with van der Waals surface area (Å²) in [5.41, 5.74) is 0.962. The summed E-state index contributed by atoms with van der Waals surface area (Å²) in [5, 5.41) is 3.02. The monoisotopic (exact) mass is 373 g/mol. The van der Waals surface area contributed by atoms with Gasteiger partial charge in [-0.05, 0) is 31.2 Å². The van der Waals surface area contributed by atoms with Gasteiger partial charge in [-0.15, -0.1) is 11.8 Å². The summed E-state index contributed by atoms with van der Waals surface area (Å²) in [4.78, 5) is 13.3. The van der Waals surface area contributed by atoms with Gasteiger partial charge in [0, 0.05) is 16.9 Å². The van der Waals surface area contributed by atoms with Crippen LogP contribution < -0.4 is 19.5 Å². The molecule has 26 heavy (non-hydrogen) atoms. The van der Waals surface area contributed by atoms with Crippen LogP contribution in [0.1, 0.15) is 24.9 Å². The third kappa shape index (κ3) is 4.64. The van der Waals surface area contributed by atoms with Crippen molar-refractivity contribution in [2.75, 3.05) is 26.1 Å². The third-order valence-corrected chi connectivity index (χ3v) is 5.07. The van der Waals surface area contributed by atoms with Gasteiger partial charge in [-0.3, -0.25) is 4.79 Å². The standard InChI is InChI=1S/C20H23NO4S/c1-14(16-6-3-4-7-17(16)23-2)21-20(22)13-26-15-8-9-18-19(12-15)25-11-5-10-24-18/h3-4,6-9,12,14H,5,10-11,13H2,1-2H3,(H,21,22). The highest BCUT2D eigenvalue weighted by atomic mass is 32.2. The lowest BCUT2D eigenvalue weighted by atomic mass is 10.1. The Kier molecular flexibility index (Phi) is 6.28. The smallest absolute Gasteiger partial charge is 0.230 e. The Morgan fingerprint density at radius 2 is 1.96 bits per heavy atom. The fourth-order valence-electron chi connectivity index (χ4n) is 2.77. The van der Waals surface area contributed by atoms with Gasteiger partial charge in [0.25, 0.3) is 0 Å². The second-order valence-corrected chi connectivity index (χ2v) is 7.03. The first kappa shape index (κ1) is 18.5. The zero-order valence-corrected chi connectivity index (χ0v) is 15.8. The third-order valence-electron chi connectivity index (χ3n) is 4.07. The molecule has 1 amide bonds. The largest absolute Gasteiger partial charge is 0.496 e. The van der Waals surface area contributed by atoms with Crippen molar-refractivity contribution in [3.05, 3.63) is 48.0 Å². The topological polar surface area (TPSA) is 56.8 Å². The zero-order chi connectivity index (χ0) is 18.4. The SMILES string of the molecule is COc1ccccc1C(C)NC(=O)CSc1ccc2c(c1)OCCCO2. The molecule has 3 rings (SSSR count). The van der Waals surface area contributed by atoms with Gasteiger partial charge in [0.05, 0.1) is 32.1 Å². The van der Waals surface area contributed by atoms with Gasteiger partial charge in [0.15, 0.2) is 11.5 Å². The van der Waals surface area contributed by atoms with Gasteiger partial charge >= 0.3 is 0 Å². The molecular formula is C20H23NO4S. The number of thioether (sulfide) groups is 1. The zero-order valence-electron chi connectivity index (χ0n) is 15.0. The molecule has 0 radical (unpaired) electrons. The number of rotatable bonds is 6. The van der Waals surface area contributed by atoms with Crippen LogP contribution in [0.5, 0.6) is 17.2 Å². The molecule has 6 heteroatoms. The van der Waals surface area contributed by atoms with E-state index in [1.54, 1.807) is 7.11 Å². The molecule has 0 saturated carbocycles. The molecular weight excluding hydrogens is 350 g/mol. The number of carbonyl (C=O) groups excluding carboxylic acids is 1. The molecule has 0 spiro atoms. The highest BCUT2D eigenvalue weighted by Crippen LogP contribution is 2.34. The fourth-order valence-corrected chi connectivity index (χ4v) is 3.50. The van der Waals surface area contributed by atoms with Gasteiger partial charge in [0.1, 0.15) is 5.75 Å². The van der Waals surface area contributed by atoms with E-state index in [9.17, 15) is 4.79 Å². The van der Waals surface area contributed by atoms with Crippen molar-refractivity contribution in [3.63, 3.8) is 0 Å². The minimum atomic E-state index is -0.122. The first-order valence-corrected chi connectivity index (χ1v) is 9.60. The molecule has 138 valence electrons. The van der Waals surface area contributed by atoms with Crippen molar-refractivity contribution in [3.8, 4) is 17.2 Å². The quantitative estimate of drug-likeness (QED) is 0.780. The second-order valence-electron chi connectivity index (χ2n) is 5.98. The van der Waals surface area contributed by atoms with Crippen LogP contribution in [0, 0.1) is 0 Å². The van der Waals surface area contributed by atoms with Crippen LogP contribution in [0.2, 0.25) is 0 Å². The molecule has 0 saturated heterocycles. The van der Waals surface area contributed by atoms with Crippen LogP contribution in [0.3, 0.4) is 0 Å². The van der Waals surface area contributed by atoms with Crippen LogP contribution in [-0.2, 0) is 4.79 Å². The van der Waals surface area contributed by atoms with E-state index in [1.807, 2.05) is 49.4 Å². The molecule has 2 aromatic carbocycles. The molecule has 1 atom stereocenters. The molecule has 5 nitrogen and oxygen atoms in total. The molecule has 2 aromatic rings. The van der Waals surface area contributed by atoms with Crippen molar-refractivity contribution in [1.29, 1.82) is 0 Å². The van der Waals surface area contributed by atoms with Crippen molar-refractivity contribution in [1.82, 2.24) is 5.32 Å². The van der Waals surface area contributed by atoms with E-state index in [0.717, 1.165) is 34.1 Å². The molecule has 0 aromatic heterocycles. The minimum absolute atomic E-state index is 0.0273. The molecule has 1 N–H and O–H groups in total. The normalized spacial score (nSPS) is 14.2. The van der Waals surface area contributed by atoms with Gasteiger partial charge in [-0.1, -0.05) is 18.2 Å². The van der Waals surface area contributed by atoms with Gasteiger partial charge in [0.2, 0.25) is 5.91 Å².